The molecular weight excluding hydrogens is 536 g/mol. The molecule has 0 atom stereocenters. The average Bonchev–Trinajstić information content (AvgIpc) is 2.97. The van der Waals surface area contributed by atoms with E-state index in [0.29, 0.717) is 12.8 Å². The fourth-order valence-corrected chi connectivity index (χ4v) is 4.69. The Labute approximate surface area is 268 Å². The summed E-state index contributed by atoms with van der Waals surface area (Å²) in [6.45, 7) is 4.52. The third-order valence-corrected chi connectivity index (χ3v) is 7.30. The van der Waals surface area contributed by atoms with Gasteiger partial charge in [0.2, 0.25) is 0 Å². The zero-order valence-corrected chi connectivity index (χ0v) is 29.2. The number of methoxy groups -OCH3 is 1. The van der Waals surface area contributed by atoms with Gasteiger partial charge in [-0.05, 0) is 64.2 Å². The maximum absolute atomic E-state index is 10.3. The van der Waals surface area contributed by atoms with Gasteiger partial charge in [-0.15, -0.1) is 0 Å². The molecule has 0 aliphatic rings. The molecular formula is C38H74O5. The van der Waals surface area contributed by atoms with Gasteiger partial charge in [-0.3, -0.25) is 9.59 Å². The number of hydrogen-bond acceptors (Lipinski definition) is 3. The van der Waals surface area contributed by atoms with Gasteiger partial charge in [0.15, 0.2) is 0 Å². The molecule has 0 saturated carbocycles. The van der Waals surface area contributed by atoms with Crippen LogP contribution in [0.15, 0.2) is 24.3 Å². The van der Waals surface area contributed by atoms with Crippen molar-refractivity contribution in [1.82, 2.24) is 0 Å². The molecule has 5 nitrogen and oxygen atoms in total. The van der Waals surface area contributed by atoms with E-state index in [4.69, 9.17) is 10.2 Å². The molecule has 0 aromatic heterocycles. The van der Waals surface area contributed by atoms with Crippen LogP contribution in [0.5, 0.6) is 0 Å². The molecule has 2 N–H and O–H groups in total. The highest BCUT2D eigenvalue weighted by molar-refractivity contribution is 5.66. The van der Waals surface area contributed by atoms with Crippen LogP contribution in [-0.2, 0) is 14.3 Å². The molecule has 0 spiro atoms. The van der Waals surface area contributed by atoms with E-state index >= 15 is 0 Å². The highest BCUT2D eigenvalue weighted by atomic mass is 16.4. The largest absolute Gasteiger partial charge is 0.481 e. The summed E-state index contributed by atoms with van der Waals surface area (Å²) >= 11 is 0. The second kappa shape index (κ2) is 44.8. The Balaban J connectivity index is -0.000000681. The Morgan fingerprint density at radius 3 is 0.860 bits per heavy atom. The van der Waals surface area contributed by atoms with Gasteiger partial charge in [-0.2, -0.15) is 0 Å². The predicted molar refractivity (Wildman–Crippen MR) is 187 cm³/mol. The Morgan fingerprint density at radius 1 is 0.419 bits per heavy atom. The van der Waals surface area contributed by atoms with Crippen molar-refractivity contribution in [2.45, 2.75) is 194 Å². The predicted octanol–water partition coefficient (Wildman–Crippen LogP) is 12.5. The van der Waals surface area contributed by atoms with Gasteiger partial charge >= 0.3 is 11.9 Å². The minimum Gasteiger partial charge on any atom is -0.481 e. The highest BCUT2D eigenvalue weighted by Gasteiger charge is 1.97. The average molecular weight is 611 g/mol. The number of ether oxygens (including phenoxy) is 1. The third-order valence-electron chi connectivity index (χ3n) is 7.30. The maximum atomic E-state index is 10.3. The van der Waals surface area contributed by atoms with Crippen molar-refractivity contribution >= 4 is 11.9 Å². The van der Waals surface area contributed by atoms with Crippen LogP contribution in [0.2, 0.25) is 0 Å². The summed E-state index contributed by atoms with van der Waals surface area (Å²) in [6.07, 6.45) is 42.5. The summed E-state index contributed by atoms with van der Waals surface area (Å²) < 4.78 is 4.25. The molecule has 43 heavy (non-hydrogen) atoms. The van der Waals surface area contributed by atoms with Gasteiger partial charge in [-0.25, -0.2) is 0 Å². The number of rotatable bonds is 30. The number of carbonyl (C=O) groups is 2. The molecule has 0 aliphatic carbocycles. The van der Waals surface area contributed by atoms with Crippen LogP contribution in [0, 0.1) is 0 Å². The summed E-state index contributed by atoms with van der Waals surface area (Å²) in [4.78, 5) is 20.6. The van der Waals surface area contributed by atoms with Crippen molar-refractivity contribution in [3.8, 4) is 0 Å². The van der Waals surface area contributed by atoms with Crippen LogP contribution < -0.4 is 0 Å². The van der Waals surface area contributed by atoms with Gasteiger partial charge in [0.25, 0.3) is 0 Å². The quantitative estimate of drug-likeness (QED) is 0.0624. The first-order valence-electron chi connectivity index (χ1n) is 18.1. The Bertz CT molecular complexity index is 535. The molecule has 0 radical (unpaired) electrons. The van der Waals surface area contributed by atoms with E-state index in [1.54, 1.807) is 14.2 Å². The lowest BCUT2D eigenvalue weighted by Gasteiger charge is -1.99. The lowest BCUT2D eigenvalue weighted by molar-refractivity contribution is -0.138. The van der Waals surface area contributed by atoms with Crippen molar-refractivity contribution in [2.75, 3.05) is 14.2 Å². The first-order chi connectivity index (χ1) is 21.0. The van der Waals surface area contributed by atoms with Crippen molar-refractivity contribution in [1.29, 1.82) is 0 Å². The Kier molecular flexibility index (Phi) is 47.7. The van der Waals surface area contributed by atoms with Crippen LogP contribution in [-0.4, -0.2) is 36.4 Å². The zero-order chi connectivity index (χ0) is 32.5. The molecule has 0 aromatic carbocycles. The highest BCUT2D eigenvalue weighted by Crippen LogP contribution is 2.11. The molecule has 0 unspecified atom stereocenters. The monoisotopic (exact) mass is 611 g/mol. The second-order valence-corrected chi connectivity index (χ2v) is 11.9. The standard InChI is InChI=1S/2C18H34O2.C2H6O/c2*1-2-3-4-5-6-7-8-9-10-11-12-13-14-15-16-17-18(19)20;1-3-2/h2*9-10H,2-8,11-17H2,1H3,(H,19,20);1-2H3/b2*10-9-;. The first kappa shape index (κ1) is 45.8. The van der Waals surface area contributed by atoms with Crippen LogP contribution in [0.3, 0.4) is 0 Å². The van der Waals surface area contributed by atoms with E-state index < -0.39 is 11.9 Å². The van der Waals surface area contributed by atoms with E-state index in [0.717, 1.165) is 25.7 Å². The van der Waals surface area contributed by atoms with Crippen molar-refractivity contribution in [3.05, 3.63) is 24.3 Å². The van der Waals surface area contributed by atoms with Gasteiger partial charge < -0.3 is 14.9 Å². The van der Waals surface area contributed by atoms with E-state index in [9.17, 15) is 9.59 Å². The smallest absolute Gasteiger partial charge is 0.303 e. The lowest BCUT2D eigenvalue weighted by atomic mass is 10.1. The van der Waals surface area contributed by atoms with E-state index in [-0.39, 0.29) is 0 Å². The van der Waals surface area contributed by atoms with Gasteiger partial charge in [0.05, 0.1) is 0 Å². The summed E-state index contributed by atoms with van der Waals surface area (Å²) in [7, 11) is 3.25. The Morgan fingerprint density at radius 2 is 0.628 bits per heavy atom. The Hall–Kier alpha value is -1.62. The molecule has 0 saturated heterocycles. The van der Waals surface area contributed by atoms with Gasteiger partial charge in [0, 0.05) is 27.1 Å². The first-order valence-corrected chi connectivity index (χ1v) is 18.1. The molecule has 5 heteroatoms. The van der Waals surface area contributed by atoms with Crippen molar-refractivity contribution in [2.24, 2.45) is 0 Å². The summed E-state index contributed by atoms with van der Waals surface area (Å²) in [5.74, 6) is -1.33. The number of unbranched alkanes of at least 4 members (excludes halogenated alkanes) is 22. The van der Waals surface area contributed by atoms with Crippen LogP contribution >= 0.6 is 0 Å². The molecule has 0 fully saturated rings. The number of hydrogen-bond donors (Lipinski definition) is 2. The number of carboxylic acid groups (broad SMARTS) is 2. The molecule has 0 rings (SSSR count). The maximum Gasteiger partial charge on any atom is 0.303 e. The SMILES string of the molecule is CCCCCCCC/C=C\CCCCCCCC(=O)O.CCCCCCCC/C=C\CCCCCCCC(=O)O.COC. The fraction of sp³-hybridized carbons (Fsp3) is 0.842. The summed E-state index contributed by atoms with van der Waals surface area (Å²) in [6, 6.07) is 0. The van der Waals surface area contributed by atoms with Crippen molar-refractivity contribution < 1.29 is 24.5 Å². The summed E-state index contributed by atoms with van der Waals surface area (Å²) in [5, 5.41) is 17.0. The van der Waals surface area contributed by atoms with E-state index in [1.807, 2.05) is 0 Å². The van der Waals surface area contributed by atoms with Gasteiger partial charge in [-0.1, -0.05) is 141 Å². The fourth-order valence-electron chi connectivity index (χ4n) is 4.69. The van der Waals surface area contributed by atoms with Crippen LogP contribution in [0.4, 0.5) is 0 Å². The molecule has 0 amide bonds. The van der Waals surface area contributed by atoms with Crippen molar-refractivity contribution in [3.63, 3.8) is 0 Å². The molecule has 0 aromatic rings. The van der Waals surface area contributed by atoms with E-state index in [1.165, 1.54) is 141 Å². The number of carboxylic acids is 2. The topological polar surface area (TPSA) is 83.8 Å². The molecule has 0 aliphatic heterocycles. The lowest BCUT2D eigenvalue weighted by Crippen LogP contribution is -1.93. The number of aliphatic carboxylic acids is 2. The molecule has 0 heterocycles. The minimum atomic E-state index is -0.664. The zero-order valence-electron chi connectivity index (χ0n) is 29.2. The second-order valence-electron chi connectivity index (χ2n) is 11.9. The molecule has 0 bridgehead atoms. The van der Waals surface area contributed by atoms with Gasteiger partial charge in [0.1, 0.15) is 0 Å². The molecule has 256 valence electrons. The van der Waals surface area contributed by atoms with Crippen LogP contribution in [0.25, 0.3) is 0 Å². The minimum absolute atomic E-state index is 0.332. The number of allylic oxidation sites excluding steroid dienone is 4. The van der Waals surface area contributed by atoms with E-state index in [2.05, 4.69) is 42.9 Å². The third kappa shape index (κ3) is 56.7. The normalized spacial score (nSPS) is 10.9. The summed E-state index contributed by atoms with van der Waals surface area (Å²) in [5.41, 5.74) is 0. The van der Waals surface area contributed by atoms with Crippen LogP contribution in [0.1, 0.15) is 194 Å².